The van der Waals surface area contributed by atoms with Crippen molar-refractivity contribution in [2.45, 2.75) is 22.3 Å². The maximum absolute atomic E-state index is 13.2. The zero-order valence-corrected chi connectivity index (χ0v) is 22.3. The molecule has 0 saturated carbocycles. The molecular weight excluding hydrogens is 532 g/mol. The second kappa shape index (κ2) is 12.7. The van der Waals surface area contributed by atoms with Gasteiger partial charge in [-0.2, -0.15) is 0 Å². The predicted molar refractivity (Wildman–Crippen MR) is 142 cm³/mol. The van der Waals surface area contributed by atoms with Gasteiger partial charge in [0.15, 0.2) is 17.3 Å². The Morgan fingerprint density at radius 3 is 2.62 bits per heavy atom. The molecule has 0 atom stereocenters. The fourth-order valence-electron chi connectivity index (χ4n) is 3.44. The summed E-state index contributed by atoms with van der Waals surface area (Å²) < 4.78 is 47.8. The number of nitrogens with zero attached hydrogens (tertiary/aromatic N) is 3. The van der Waals surface area contributed by atoms with E-state index in [1.165, 1.54) is 31.1 Å². The summed E-state index contributed by atoms with van der Waals surface area (Å²) in [7, 11) is 3.16. The minimum atomic E-state index is -1.46. The number of anilines is 2. The van der Waals surface area contributed by atoms with Crippen molar-refractivity contribution >= 4 is 40.2 Å². The number of fused-ring (bicyclic) bond motifs is 1. The van der Waals surface area contributed by atoms with E-state index >= 15 is 0 Å². The summed E-state index contributed by atoms with van der Waals surface area (Å²) in [4.78, 5) is 22.1. The van der Waals surface area contributed by atoms with E-state index in [9.17, 15) is 13.6 Å². The second-order valence-corrected chi connectivity index (χ2v) is 9.72. The Labute approximate surface area is 227 Å². The molecule has 0 saturated heterocycles. The van der Waals surface area contributed by atoms with Gasteiger partial charge in [-0.3, -0.25) is 5.32 Å². The third-order valence-corrected chi connectivity index (χ3v) is 6.68. The summed E-state index contributed by atoms with van der Waals surface area (Å²) in [5.41, 5.74) is -0.274. The Morgan fingerprint density at radius 1 is 1.05 bits per heavy atom. The molecule has 2 aromatic heterocycles. The lowest BCUT2D eigenvalue weighted by Gasteiger charge is -2.17. The first-order valence-corrected chi connectivity index (χ1v) is 12.6. The van der Waals surface area contributed by atoms with Crippen LogP contribution >= 0.6 is 11.8 Å². The van der Waals surface area contributed by atoms with E-state index in [4.69, 9.17) is 18.7 Å². The third-order valence-electron chi connectivity index (χ3n) is 5.67. The van der Waals surface area contributed by atoms with Crippen molar-refractivity contribution in [1.29, 1.82) is 0 Å². The molecule has 4 rings (SSSR count). The normalized spacial score (nSPS) is 11.4. The number of aromatic nitrogens is 3. The van der Waals surface area contributed by atoms with Gasteiger partial charge >= 0.3 is 6.03 Å². The molecule has 2 aromatic carbocycles. The Balaban J connectivity index is 1.47. The van der Waals surface area contributed by atoms with E-state index in [0.29, 0.717) is 40.9 Å². The van der Waals surface area contributed by atoms with Crippen molar-refractivity contribution in [3.63, 3.8) is 0 Å². The van der Waals surface area contributed by atoms with Crippen LogP contribution in [0.5, 0.6) is 11.5 Å². The van der Waals surface area contributed by atoms with Gasteiger partial charge in [0, 0.05) is 35.2 Å². The van der Waals surface area contributed by atoms with E-state index < -0.39 is 24.8 Å². The van der Waals surface area contributed by atoms with Crippen LogP contribution in [0, 0.1) is 0 Å². The highest BCUT2D eigenvalue weighted by molar-refractivity contribution is 7.99. The molecule has 0 aliphatic rings. The Morgan fingerprint density at radius 2 is 1.87 bits per heavy atom. The number of ether oxygens (including phenoxy) is 3. The minimum Gasteiger partial charge on any atom is -0.493 e. The molecule has 2 heterocycles. The molecule has 2 amide bonds. The predicted octanol–water partition coefficient (Wildman–Crippen LogP) is 5.64. The van der Waals surface area contributed by atoms with Crippen molar-refractivity contribution in [3.05, 3.63) is 54.6 Å². The zero-order valence-electron chi connectivity index (χ0n) is 21.5. The number of nitrogens with one attached hydrogen (secondary N) is 2. The van der Waals surface area contributed by atoms with Crippen LogP contribution in [0.2, 0.25) is 0 Å². The number of halogens is 2. The highest BCUT2D eigenvalue weighted by atomic mass is 32.2. The number of urea groups is 1. The van der Waals surface area contributed by atoms with Crippen molar-refractivity contribution < 1.29 is 32.3 Å². The van der Waals surface area contributed by atoms with Crippen LogP contribution in [0.1, 0.15) is 12.7 Å². The molecule has 0 radical (unpaired) electrons. The molecule has 39 heavy (non-hydrogen) atoms. The first-order valence-electron chi connectivity index (χ1n) is 11.8. The van der Waals surface area contributed by atoms with Crippen LogP contribution in [-0.2, 0) is 10.2 Å². The first-order chi connectivity index (χ1) is 18.9. The molecule has 0 aliphatic carbocycles. The first kappa shape index (κ1) is 28.0. The van der Waals surface area contributed by atoms with Gasteiger partial charge in [-0.25, -0.2) is 23.5 Å². The summed E-state index contributed by atoms with van der Waals surface area (Å²) in [6.07, 6.45) is 1.47. The van der Waals surface area contributed by atoms with Crippen molar-refractivity contribution in [1.82, 2.24) is 15.1 Å². The second-order valence-electron chi connectivity index (χ2n) is 8.65. The summed E-state index contributed by atoms with van der Waals surface area (Å²) in [5, 5.41) is 10.3. The highest BCUT2D eigenvalue weighted by Crippen LogP contribution is 2.37. The lowest BCUT2D eigenvalue weighted by molar-refractivity contribution is 0.144. The fourth-order valence-corrected chi connectivity index (χ4v) is 4.37. The van der Waals surface area contributed by atoms with Gasteiger partial charge in [0.1, 0.15) is 37.1 Å². The standard InChI is InChI=1S/C26H27F2N5O5S/c1-26(13-27,14-28)22-12-23(33-38-22)32-25(34)31-16-5-4-6-17(9-16)39-24-18-10-20(36-3)21(37-8-7-35-2)11-19(18)29-15-30-24/h4-6,9-12,15H,7-8,13-14H2,1-3H3,(H2,31,32,33,34). The molecule has 0 spiro atoms. The molecule has 10 nitrogen and oxygen atoms in total. The van der Waals surface area contributed by atoms with Crippen LogP contribution in [-0.4, -0.2) is 61.9 Å². The van der Waals surface area contributed by atoms with E-state index in [1.54, 1.807) is 38.5 Å². The third kappa shape index (κ3) is 6.73. The van der Waals surface area contributed by atoms with Crippen molar-refractivity contribution in [3.8, 4) is 11.5 Å². The Bertz CT molecular complexity index is 1430. The number of hydrogen-bond donors (Lipinski definition) is 2. The number of methoxy groups -OCH3 is 2. The van der Waals surface area contributed by atoms with Crippen LogP contribution in [0.25, 0.3) is 10.9 Å². The maximum Gasteiger partial charge on any atom is 0.324 e. The molecular formula is C26H27F2N5O5S. The Hall–Kier alpha value is -3.97. The fraction of sp³-hybridized carbons (Fsp3) is 0.308. The van der Waals surface area contributed by atoms with Crippen LogP contribution in [0.4, 0.5) is 25.1 Å². The molecule has 0 aliphatic heterocycles. The van der Waals surface area contributed by atoms with Gasteiger partial charge < -0.3 is 24.1 Å². The topological polar surface area (TPSA) is 121 Å². The average molecular weight is 560 g/mol. The van der Waals surface area contributed by atoms with E-state index in [1.807, 2.05) is 12.1 Å². The molecule has 0 fully saturated rings. The monoisotopic (exact) mass is 559 g/mol. The van der Waals surface area contributed by atoms with Crippen molar-refractivity contribution in [2.75, 3.05) is 51.4 Å². The summed E-state index contributed by atoms with van der Waals surface area (Å²) in [5.74, 6) is 1.13. The highest BCUT2D eigenvalue weighted by Gasteiger charge is 2.32. The van der Waals surface area contributed by atoms with Crippen molar-refractivity contribution in [2.24, 2.45) is 0 Å². The lowest BCUT2D eigenvalue weighted by atomic mass is 9.91. The number of carbonyl (C=O) groups is 1. The van der Waals surface area contributed by atoms with Crippen LogP contribution < -0.4 is 20.1 Å². The molecule has 0 bridgehead atoms. The van der Waals surface area contributed by atoms with E-state index in [2.05, 4.69) is 25.8 Å². The van der Waals surface area contributed by atoms with Gasteiger partial charge in [-0.15, -0.1) is 0 Å². The SMILES string of the molecule is COCCOc1cc2ncnc(Sc3cccc(NC(=O)Nc4cc(C(C)(CF)CF)on4)c3)c2cc1OC. The van der Waals surface area contributed by atoms with E-state index in [0.717, 1.165) is 10.3 Å². The largest absolute Gasteiger partial charge is 0.493 e. The average Bonchev–Trinajstić information content (AvgIpc) is 3.41. The number of benzene rings is 2. The van der Waals surface area contributed by atoms with E-state index in [-0.39, 0.29) is 11.6 Å². The van der Waals surface area contributed by atoms with Gasteiger partial charge in [-0.05, 0) is 31.2 Å². The summed E-state index contributed by atoms with van der Waals surface area (Å²) in [6.45, 7) is 0.239. The van der Waals surface area contributed by atoms with Crippen LogP contribution in [0.15, 0.2) is 63.2 Å². The number of hydrogen-bond acceptors (Lipinski definition) is 9. The van der Waals surface area contributed by atoms with Gasteiger partial charge in [0.2, 0.25) is 0 Å². The van der Waals surface area contributed by atoms with Gasteiger partial charge in [-0.1, -0.05) is 23.0 Å². The smallest absolute Gasteiger partial charge is 0.324 e. The minimum absolute atomic E-state index is 0.00330. The quantitative estimate of drug-likeness (QED) is 0.168. The molecule has 0 unspecified atom stereocenters. The summed E-state index contributed by atoms with van der Waals surface area (Å²) in [6, 6.07) is 11.5. The molecule has 13 heteroatoms. The van der Waals surface area contributed by atoms with Gasteiger partial charge in [0.25, 0.3) is 0 Å². The summed E-state index contributed by atoms with van der Waals surface area (Å²) >= 11 is 1.38. The molecule has 206 valence electrons. The number of alkyl halides is 2. The number of carbonyl (C=O) groups excluding carboxylic acids is 1. The maximum atomic E-state index is 13.2. The molecule has 4 aromatic rings. The number of amides is 2. The molecule has 2 N–H and O–H groups in total. The zero-order chi connectivity index (χ0) is 27.8. The van der Waals surface area contributed by atoms with Crippen LogP contribution in [0.3, 0.4) is 0 Å². The van der Waals surface area contributed by atoms with Gasteiger partial charge in [0.05, 0.1) is 24.6 Å². The Kier molecular flexibility index (Phi) is 9.15. The lowest BCUT2D eigenvalue weighted by Crippen LogP contribution is -2.26. The number of rotatable bonds is 12.